The van der Waals surface area contributed by atoms with Gasteiger partial charge in [-0.2, -0.15) is 5.06 Å². The highest BCUT2D eigenvalue weighted by molar-refractivity contribution is 6.11. The molecule has 0 radical (unpaired) electrons. The summed E-state index contributed by atoms with van der Waals surface area (Å²) in [7, 11) is 0. The van der Waals surface area contributed by atoms with E-state index in [1.54, 1.807) is 0 Å². The average molecular weight is 291 g/mol. The van der Waals surface area contributed by atoms with E-state index in [-0.39, 0.29) is 0 Å². The summed E-state index contributed by atoms with van der Waals surface area (Å²) >= 11 is 0. The van der Waals surface area contributed by atoms with Crippen molar-refractivity contribution in [3.8, 4) is 0 Å². The molecule has 0 aliphatic carbocycles. The Balaban J connectivity index is 2.35. The van der Waals surface area contributed by atoms with E-state index in [0.717, 1.165) is 0 Å². The van der Waals surface area contributed by atoms with Gasteiger partial charge in [-0.25, -0.2) is 0 Å². The average Bonchev–Trinajstić information content (AvgIpc) is 2.66. The van der Waals surface area contributed by atoms with Crippen molar-refractivity contribution in [3.63, 3.8) is 0 Å². The van der Waals surface area contributed by atoms with Crippen molar-refractivity contribution < 1.29 is 5.21 Å². The molecule has 1 aliphatic heterocycles. The van der Waals surface area contributed by atoms with Gasteiger partial charge in [0.1, 0.15) is 0 Å². The first-order chi connectivity index (χ1) is 10.4. The second kappa shape index (κ2) is 4.09. The van der Waals surface area contributed by atoms with Gasteiger partial charge >= 0.3 is 0 Å². The highest BCUT2D eigenvalue weighted by Gasteiger charge is 2.50. The molecule has 0 atom stereocenters. The maximum Gasteiger partial charge on any atom is 0.0672 e. The molecule has 0 spiro atoms. The van der Waals surface area contributed by atoms with Crippen LogP contribution in [0, 0.1) is 0 Å². The van der Waals surface area contributed by atoms with Crippen molar-refractivity contribution in [3.05, 3.63) is 59.7 Å². The van der Waals surface area contributed by atoms with Crippen LogP contribution >= 0.6 is 0 Å². The molecule has 0 fully saturated rings. The van der Waals surface area contributed by atoms with Crippen LogP contribution in [0.25, 0.3) is 21.5 Å². The Morgan fingerprint density at radius 1 is 0.636 bits per heavy atom. The molecule has 0 saturated carbocycles. The fourth-order valence-electron chi connectivity index (χ4n) is 4.32. The summed E-state index contributed by atoms with van der Waals surface area (Å²) in [5.41, 5.74) is 1.66. The maximum absolute atomic E-state index is 10.9. The van der Waals surface area contributed by atoms with Gasteiger partial charge in [0.2, 0.25) is 0 Å². The van der Waals surface area contributed by atoms with E-state index in [9.17, 15) is 5.21 Å². The first-order valence-corrected chi connectivity index (χ1v) is 7.80. The number of fused-ring (bicyclic) bond motifs is 6. The molecule has 2 nitrogen and oxygen atoms in total. The van der Waals surface area contributed by atoms with E-state index in [2.05, 4.69) is 76.2 Å². The summed E-state index contributed by atoms with van der Waals surface area (Å²) in [6, 6.07) is 17.1. The molecule has 112 valence electrons. The van der Waals surface area contributed by atoms with Gasteiger partial charge in [-0.05, 0) is 60.4 Å². The van der Waals surface area contributed by atoms with Gasteiger partial charge in [0, 0.05) is 0 Å². The lowest BCUT2D eigenvalue weighted by Gasteiger charge is -2.35. The SMILES string of the molecule is CC1(C)c2c(c3ccccc3c3ccccc23)C(C)(C)N1O. The second-order valence-corrected chi connectivity index (χ2v) is 7.27. The van der Waals surface area contributed by atoms with Crippen LogP contribution in [-0.4, -0.2) is 10.3 Å². The van der Waals surface area contributed by atoms with Crippen molar-refractivity contribution >= 4 is 21.5 Å². The largest absolute Gasteiger partial charge is 0.312 e. The van der Waals surface area contributed by atoms with Crippen molar-refractivity contribution in [2.45, 2.75) is 38.8 Å². The number of rotatable bonds is 0. The summed E-state index contributed by atoms with van der Waals surface area (Å²) in [4.78, 5) is 0. The van der Waals surface area contributed by atoms with Crippen LogP contribution < -0.4 is 0 Å². The lowest BCUT2D eigenvalue weighted by Crippen LogP contribution is -2.42. The summed E-state index contributed by atoms with van der Waals surface area (Å²) in [6.07, 6.45) is 0. The zero-order chi connectivity index (χ0) is 15.7. The Bertz CT molecular complexity index is 833. The molecule has 0 bridgehead atoms. The van der Waals surface area contributed by atoms with Crippen LogP contribution in [-0.2, 0) is 11.1 Å². The van der Waals surface area contributed by atoms with Gasteiger partial charge in [0.05, 0.1) is 11.1 Å². The number of benzene rings is 3. The van der Waals surface area contributed by atoms with E-state index in [4.69, 9.17) is 0 Å². The molecule has 3 aromatic carbocycles. The van der Waals surface area contributed by atoms with Crippen molar-refractivity contribution in [2.24, 2.45) is 0 Å². The molecule has 2 heteroatoms. The Hall–Kier alpha value is -1.90. The Labute approximate surface area is 130 Å². The minimum Gasteiger partial charge on any atom is -0.312 e. The second-order valence-electron chi connectivity index (χ2n) is 7.27. The molecule has 1 aliphatic rings. The summed E-state index contributed by atoms with van der Waals surface area (Å²) < 4.78 is 0. The van der Waals surface area contributed by atoms with Gasteiger partial charge in [-0.15, -0.1) is 0 Å². The highest BCUT2D eigenvalue weighted by atomic mass is 16.5. The quantitative estimate of drug-likeness (QED) is 0.578. The van der Waals surface area contributed by atoms with Gasteiger partial charge < -0.3 is 5.21 Å². The van der Waals surface area contributed by atoms with Gasteiger partial charge in [0.25, 0.3) is 0 Å². The zero-order valence-corrected chi connectivity index (χ0v) is 13.5. The van der Waals surface area contributed by atoms with E-state index < -0.39 is 11.1 Å². The molecular formula is C20H21NO. The molecule has 1 heterocycles. The lowest BCUT2D eigenvalue weighted by atomic mass is 9.82. The topological polar surface area (TPSA) is 23.5 Å². The predicted molar refractivity (Wildman–Crippen MR) is 91.1 cm³/mol. The van der Waals surface area contributed by atoms with Crippen molar-refractivity contribution in [1.29, 1.82) is 0 Å². The number of nitrogens with zero attached hydrogens (tertiary/aromatic N) is 1. The van der Waals surface area contributed by atoms with E-state index in [1.807, 2.05) is 0 Å². The number of hydrogen-bond donors (Lipinski definition) is 1. The predicted octanol–water partition coefficient (Wildman–Crippen LogP) is 5.17. The van der Waals surface area contributed by atoms with Crippen LogP contribution in [0.5, 0.6) is 0 Å². The van der Waals surface area contributed by atoms with Gasteiger partial charge in [0.15, 0.2) is 0 Å². The van der Waals surface area contributed by atoms with E-state index >= 15 is 0 Å². The fourth-order valence-corrected chi connectivity index (χ4v) is 4.32. The Morgan fingerprint density at radius 3 is 1.32 bits per heavy atom. The normalized spacial score (nSPS) is 19.7. The molecule has 0 unspecified atom stereocenters. The van der Waals surface area contributed by atoms with Crippen LogP contribution in [0.3, 0.4) is 0 Å². The zero-order valence-electron chi connectivity index (χ0n) is 13.5. The monoisotopic (exact) mass is 291 g/mol. The maximum atomic E-state index is 10.9. The molecule has 1 N–H and O–H groups in total. The third-order valence-electron chi connectivity index (χ3n) is 5.22. The fraction of sp³-hybridized carbons (Fsp3) is 0.300. The first-order valence-electron chi connectivity index (χ1n) is 7.80. The van der Waals surface area contributed by atoms with Gasteiger partial charge in [-0.3, -0.25) is 0 Å². The smallest absolute Gasteiger partial charge is 0.0672 e. The third-order valence-corrected chi connectivity index (χ3v) is 5.22. The lowest BCUT2D eigenvalue weighted by molar-refractivity contribution is -0.215. The molecule has 22 heavy (non-hydrogen) atoms. The standard InChI is InChI=1S/C20H21NO/c1-19(2)17-15-11-7-5-9-13(15)14-10-6-8-12-16(14)18(17)20(3,4)21(19)22/h5-12,22H,1-4H3. The van der Waals surface area contributed by atoms with Crippen molar-refractivity contribution in [1.82, 2.24) is 5.06 Å². The molecule has 0 aromatic heterocycles. The van der Waals surface area contributed by atoms with Crippen molar-refractivity contribution in [2.75, 3.05) is 0 Å². The highest BCUT2D eigenvalue weighted by Crippen LogP contribution is 2.53. The van der Waals surface area contributed by atoms with E-state index in [0.29, 0.717) is 0 Å². The summed E-state index contributed by atoms with van der Waals surface area (Å²) in [5.74, 6) is 0. The molecule has 0 amide bonds. The summed E-state index contributed by atoms with van der Waals surface area (Å²) in [6.45, 7) is 8.40. The van der Waals surface area contributed by atoms with Crippen LogP contribution in [0.1, 0.15) is 38.8 Å². The minimum atomic E-state index is -0.414. The summed E-state index contributed by atoms with van der Waals surface area (Å²) in [5, 5.41) is 17.4. The van der Waals surface area contributed by atoms with Gasteiger partial charge in [-0.1, -0.05) is 48.5 Å². The number of hydroxylamine groups is 2. The molecule has 3 aromatic rings. The van der Waals surface area contributed by atoms with Crippen LogP contribution in [0.4, 0.5) is 0 Å². The number of hydrogen-bond acceptors (Lipinski definition) is 2. The third kappa shape index (κ3) is 1.47. The molecular weight excluding hydrogens is 270 g/mol. The Morgan fingerprint density at radius 2 is 0.955 bits per heavy atom. The molecule has 0 saturated heterocycles. The Kier molecular flexibility index (Phi) is 2.56. The van der Waals surface area contributed by atoms with E-state index in [1.165, 1.54) is 37.7 Å². The first kappa shape index (κ1) is 13.7. The molecule has 4 rings (SSSR count). The van der Waals surface area contributed by atoms with Crippen LogP contribution in [0.2, 0.25) is 0 Å². The minimum absolute atomic E-state index is 0.414. The van der Waals surface area contributed by atoms with Crippen LogP contribution in [0.15, 0.2) is 48.5 Å².